The van der Waals surface area contributed by atoms with Crippen molar-refractivity contribution in [3.63, 3.8) is 0 Å². The fourth-order valence-electron chi connectivity index (χ4n) is 4.30. The summed E-state index contributed by atoms with van der Waals surface area (Å²) in [7, 11) is 0. The third-order valence-corrected chi connectivity index (χ3v) is 6.06. The van der Waals surface area contributed by atoms with Gasteiger partial charge in [0.15, 0.2) is 6.29 Å². The zero-order chi connectivity index (χ0) is 23.5. The van der Waals surface area contributed by atoms with Crippen LogP contribution in [0.25, 0.3) is 10.9 Å². The summed E-state index contributed by atoms with van der Waals surface area (Å²) in [6, 6.07) is 9.60. The van der Waals surface area contributed by atoms with Crippen LogP contribution < -0.4 is 10.1 Å². The van der Waals surface area contributed by atoms with Gasteiger partial charge in [-0.05, 0) is 49.6 Å². The van der Waals surface area contributed by atoms with E-state index in [9.17, 15) is 10.2 Å². The molecule has 1 aliphatic rings. The predicted molar refractivity (Wildman–Crippen MR) is 128 cm³/mol. The van der Waals surface area contributed by atoms with Gasteiger partial charge >= 0.3 is 0 Å². The van der Waals surface area contributed by atoms with Crippen LogP contribution in [-0.2, 0) is 12.8 Å². The van der Waals surface area contributed by atoms with Crippen molar-refractivity contribution in [1.82, 2.24) is 24.7 Å². The lowest BCUT2D eigenvalue weighted by molar-refractivity contribution is -0.0520. The molecule has 5 rings (SSSR count). The Morgan fingerprint density at radius 1 is 1.12 bits per heavy atom. The summed E-state index contributed by atoms with van der Waals surface area (Å²) in [5, 5.41) is 28.1. The molecule has 4 aromatic rings. The van der Waals surface area contributed by atoms with Crippen molar-refractivity contribution in [2.45, 2.75) is 44.9 Å². The van der Waals surface area contributed by atoms with E-state index in [1.54, 1.807) is 23.3 Å². The number of aliphatic hydroxyl groups is 2. The van der Waals surface area contributed by atoms with Crippen molar-refractivity contribution in [3.05, 3.63) is 71.6 Å². The van der Waals surface area contributed by atoms with E-state index in [4.69, 9.17) is 9.72 Å². The molecule has 0 radical (unpaired) electrons. The first kappa shape index (κ1) is 22.2. The molecular weight excluding hydrogens is 432 g/mol. The first-order valence-corrected chi connectivity index (χ1v) is 11.5. The van der Waals surface area contributed by atoms with Crippen LogP contribution in [0.2, 0.25) is 0 Å². The van der Waals surface area contributed by atoms with E-state index in [0.29, 0.717) is 12.4 Å². The number of benzene rings is 1. The molecule has 9 heteroatoms. The Morgan fingerprint density at radius 2 is 1.97 bits per heavy atom. The zero-order valence-electron chi connectivity index (χ0n) is 19.1. The number of nitrogens with zero attached hydrogens (tertiary/aromatic N) is 5. The second kappa shape index (κ2) is 9.74. The van der Waals surface area contributed by atoms with Crippen molar-refractivity contribution in [2.75, 3.05) is 18.5 Å². The molecule has 34 heavy (non-hydrogen) atoms. The Balaban J connectivity index is 1.30. The highest BCUT2D eigenvalue weighted by Gasteiger charge is 2.21. The van der Waals surface area contributed by atoms with Crippen molar-refractivity contribution in [1.29, 1.82) is 0 Å². The van der Waals surface area contributed by atoms with E-state index in [1.165, 1.54) is 5.56 Å². The highest BCUT2D eigenvalue weighted by molar-refractivity contribution is 5.80. The predicted octanol–water partition coefficient (Wildman–Crippen LogP) is 2.80. The Bertz CT molecular complexity index is 1270. The molecule has 1 aromatic carbocycles. The van der Waals surface area contributed by atoms with Gasteiger partial charge in [0.2, 0.25) is 0 Å². The third kappa shape index (κ3) is 4.85. The number of nitrogens with one attached hydrogen (secondary N) is 1. The number of anilines is 1. The summed E-state index contributed by atoms with van der Waals surface area (Å²) in [5.74, 6) is 2.40. The van der Waals surface area contributed by atoms with Crippen LogP contribution in [-0.4, -0.2) is 54.4 Å². The first-order valence-electron chi connectivity index (χ1n) is 11.5. The summed E-state index contributed by atoms with van der Waals surface area (Å²) >= 11 is 0. The SMILES string of the molecule is Cc1ncc(C(CC(O)O)n2ncc3cc(OCCc4ccc5c(n4)NCCC5)ccc32)cn1. The molecule has 3 N–H and O–H groups in total. The lowest BCUT2D eigenvalue weighted by Crippen LogP contribution is -2.19. The number of hydrogen-bond acceptors (Lipinski definition) is 8. The lowest BCUT2D eigenvalue weighted by Gasteiger charge is -2.19. The van der Waals surface area contributed by atoms with Gasteiger partial charge < -0.3 is 20.3 Å². The number of aryl methyl sites for hydroxylation is 2. The standard InChI is InChI=1S/C25H28N6O3/c1-16-27-13-19(14-28-16)23(12-24(32)33)31-22-7-6-21(11-18(22)15-29-31)34-10-8-20-5-4-17-3-2-9-26-25(17)30-20/h4-7,11,13-15,23-24,32-33H,2-3,8-10,12H2,1H3,(H,26,30). The normalized spacial score (nSPS) is 14.1. The Hall–Kier alpha value is -3.56. The van der Waals surface area contributed by atoms with E-state index >= 15 is 0 Å². The Labute approximate surface area is 197 Å². The highest BCUT2D eigenvalue weighted by Crippen LogP contribution is 2.28. The maximum Gasteiger partial charge on any atom is 0.153 e. The van der Waals surface area contributed by atoms with Gasteiger partial charge in [-0.1, -0.05) is 6.07 Å². The number of ether oxygens (including phenoxy) is 1. The van der Waals surface area contributed by atoms with E-state index in [2.05, 4.69) is 32.5 Å². The van der Waals surface area contributed by atoms with Crippen LogP contribution >= 0.6 is 0 Å². The summed E-state index contributed by atoms with van der Waals surface area (Å²) < 4.78 is 7.77. The molecule has 0 aliphatic carbocycles. The van der Waals surface area contributed by atoms with Gasteiger partial charge in [0.1, 0.15) is 17.4 Å². The Morgan fingerprint density at radius 3 is 2.79 bits per heavy atom. The molecule has 4 heterocycles. The summed E-state index contributed by atoms with van der Waals surface area (Å²) in [6.45, 7) is 3.30. The van der Waals surface area contributed by atoms with Crippen LogP contribution in [0.5, 0.6) is 5.75 Å². The molecule has 0 saturated carbocycles. The quantitative estimate of drug-likeness (QED) is 0.344. The maximum atomic E-state index is 9.65. The van der Waals surface area contributed by atoms with Gasteiger partial charge in [-0.25, -0.2) is 15.0 Å². The molecule has 0 spiro atoms. The number of hydrogen-bond donors (Lipinski definition) is 3. The van der Waals surface area contributed by atoms with Crippen molar-refractivity contribution in [3.8, 4) is 5.75 Å². The first-order chi connectivity index (χ1) is 16.6. The van der Waals surface area contributed by atoms with E-state index in [0.717, 1.165) is 59.5 Å². The molecule has 9 nitrogen and oxygen atoms in total. The summed E-state index contributed by atoms with van der Waals surface area (Å²) in [5.41, 5.74) is 3.91. The molecule has 3 aromatic heterocycles. The average Bonchev–Trinajstić information content (AvgIpc) is 3.26. The number of rotatable bonds is 8. The molecule has 0 saturated heterocycles. The van der Waals surface area contributed by atoms with Gasteiger partial charge in [-0.15, -0.1) is 0 Å². The van der Waals surface area contributed by atoms with Crippen molar-refractivity contribution >= 4 is 16.7 Å². The third-order valence-electron chi connectivity index (χ3n) is 6.06. The topological polar surface area (TPSA) is 118 Å². The maximum absolute atomic E-state index is 9.65. The number of fused-ring (bicyclic) bond motifs is 2. The molecule has 1 atom stereocenters. The highest BCUT2D eigenvalue weighted by atomic mass is 16.5. The van der Waals surface area contributed by atoms with Gasteiger partial charge in [0.05, 0.1) is 24.4 Å². The second-order valence-corrected chi connectivity index (χ2v) is 8.54. The fourth-order valence-corrected chi connectivity index (χ4v) is 4.30. The summed E-state index contributed by atoms with van der Waals surface area (Å²) in [6.07, 6.45) is 6.69. The van der Waals surface area contributed by atoms with Crippen LogP contribution in [0.3, 0.4) is 0 Å². The van der Waals surface area contributed by atoms with Crippen LogP contribution in [0.1, 0.15) is 41.5 Å². The monoisotopic (exact) mass is 460 g/mol. The number of pyridine rings is 1. The van der Waals surface area contributed by atoms with Gasteiger partial charge in [0.25, 0.3) is 0 Å². The van der Waals surface area contributed by atoms with Crippen LogP contribution in [0, 0.1) is 6.92 Å². The van der Waals surface area contributed by atoms with Crippen LogP contribution in [0.15, 0.2) is 48.9 Å². The van der Waals surface area contributed by atoms with E-state index in [-0.39, 0.29) is 6.42 Å². The minimum Gasteiger partial charge on any atom is -0.493 e. The molecular formula is C25H28N6O3. The number of aromatic nitrogens is 5. The largest absolute Gasteiger partial charge is 0.493 e. The van der Waals surface area contributed by atoms with E-state index < -0.39 is 12.3 Å². The smallest absolute Gasteiger partial charge is 0.153 e. The van der Waals surface area contributed by atoms with Gasteiger partial charge in [-0.3, -0.25) is 4.68 Å². The minimum absolute atomic E-state index is 0.0735. The molecule has 1 aliphatic heterocycles. The lowest BCUT2D eigenvalue weighted by atomic mass is 10.1. The van der Waals surface area contributed by atoms with Gasteiger partial charge in [-0.2, -0.15) is 5.10 Å². The van der Waals surface area contributed by atoms with Crippen molar-refractivity contribution in [2.24, 2.45) is 0 Å². The second-order valence-electron chi connectivity index (χ2n) is 8.54. The van der Waals surface area contributed by atoms with Crippen LogP contribution in [0.4, 0.5) is 5.82 Å². The van der Waals surface area contributed by atoms with Crippen molar-refractivity contribution < 1.29 is 14.9 Å². The fraction of sp³-hybridized carbons (Fsp3) is 0.360. The average molecular weight is 461 g/mol. The van der Waals surface area contributed by atoms with Gasteiger partial charge in [0, 0.05) is 48.4 Å². The molecule has 0 bridgehead atoms. The number of aliphatic hydroxyl groups excluding tert-OH is 1. The zero-order valence-corrected chi connectivity index (χ0v) is 19.1. The summed E-state index contributed by atoms with van der Waals surface area (Å²) in [4.78, 5) is 13.2. The molecule has 1 unspecified atom stereocenters. The Kier molecular flexibility index (Phi) is 6.37. The molecule has 0 amide bonds. The van der Waals surface area contributed by atoms with E-state index in [1.807, 2.05) is 25.1 Å². The molecule has 0 fully saturated rings. The minimum atomic E-state index is -1.49. The molecule has 176 valence electrons.